The van der Waals surface area contributed by atoms with E-state index in [2.05, 4.69) is 25.1 Å². The Morgan fingerprint density at radius 2 is 1.86 bits per heavy atom. The Morgan fingerprint density at radius 3 is 2.41 bits per heavy atom. The van der Waals surface area contributed by atoms with Gasteiger partial charge in [-0.25, -0.2) is 15.2 Å². The molecule has 2 rings (SSSR count). The van der Waals surface area contributed by atoms with E-state index < -0.39 is 25.1 Å². The standard InChI is InChI=1S/C16H26N7O5P/c1-9(11(3)24)21-29(27,22-10(2)12(4)25)8-28-6-5-23-7-18-13-14(23)19-16(17)20-15(13)26/h7,9-10H,5-6,8H2,1-4H3,(H2,21,22,27)(H3,17,19,20,26)/t9-,10-/m1/s1. The number of nitrogen functional groups attached to an aromatic ring is 1. The summed E-state index contributed by atoms with van der Waals surface area (Å²) in [5.41, 5.74) is 5.58. The quantitative estimate of drug-likeness (QED) is 0.282. The van der Waals surface area contributed by atoms with Gasteiger partial charge in [-0.15, -0.1) is 0 Å². The summed E-state index contributed by atoms with van der Waals surface area (Å²) in [5.74, 6) is -0.415. The highest BCUT2D eigenvalue weighted by atomic mass is 31.2. The molecule has 160 valence electrons. The first-order valence-electron chi connectivity index (χ1n) is 8.96. The summed E-state index contributed by atoms with van der Waals surface area (Å²) in [5, 5.41) is 5.48. The van der Waals surface area contributed by atoms with Crippen LogP contribution < -0.4 is 21.5 Å². The lowest BCUT2D eigenvalue weighted by molar-refractivity contribution is -0.118. The van der Waals surface area contributed by atoms with Crippen molar-refractivity contribution in [2.75, 3.05) is 18.7 Å². The van der Waals surface area contributed by atoms with Crippen LogP contribution in [0.25, 0.3) is 11.2 Å². The number of imidazole rings is 1. The molecule has 13 heteroatoms. The summed E-state index contributed by atoms with van der Waals surface area (Å²) in [4.78, 5) is 45.3. The molecule has 2 aromatic rings. The maximum absolute atomic E-state index is 13.2. The van der Waals surface area contributed by atoms with Crippen LogP contribution in [0, 0.1) is 0 Å². The fraction of sp³-hybridized carbons (Fsp3) is 0.562. The minimum Gasteiger partial charge on any atom is -0.369 e. The van der Waals surface area contributed by atoms with Gasteiger partial charge in [0.25, 0.3) is 5.56 Å². The third kappa shape index (κ3) is 6.04. The molecule has 2 heterocycles. The van der Waals surface area contributed by atoms with Crippen LogP contribution in [-0.2, 0) is 25.4 Å². The molecule has 0 aromatic carbocycles. The zero-order valence-corrected chi connectivity index (χ0v) is 17.7. The average Bonchev–Trinajstić information content (AvgIpc) is 3.01. The van der Waals surface area contributed by atoms with Gasteiger partial charge in [0.2, 0.25) is 13.4 Å². The van der Waals surface area contributed by atoms with E-state index >= 15 is 0 Å². The monoisotopic (exact) mass is 427 g/mol. The van der Waals surface area contributed by atoms with Crippen LogP contribution in [0.1, 0.15) is 27.7 Å². The van der Waals surface area contributed by atoms with Crippen molar-refractivity contribution in [3.63, 3.8) is 0 Å². The van der Waals surface area contributed by atoms with Gasteiger partial charge in [0.1, 0.15) is 17.9 Å². The van der Waals surface area contributed by atoms with E-state index in [1.165, 1.54) is 20.2 Å². The minimum absolute atomic E-state index is 0.0282. The minimum atomic E-state index is -3.39. The van der Waals surface area contributed by atoms with Crippen molar-refractivity contribution in [1.29, 1.82) is 0 Å². The molecular weight excluding hydrogens is 401 g/mol. The number of nitrogens with one attached hydrogen (secondary N) is 3. The van der Waals surface area contributed by atoms with Crippen molar-refractivity contribution >= 4 is 36.1 Å². The summed E-state index contributed by atoms with van der Waals surface area (Å²) in [6.45, 7) is 6.32. The molecule has 12 nitrogen and oxygen atoms in total. The van der Waals surface area contributed by atoms with Crippen LogP contribution in [-0.4, -0.2) is 56.1 Å². The second-order valence-corrected chi connectivity index (χ2v) is 9.02. The van der Waals surface area contributed by atoms with E-state index in [1.807, 2.05) is 0 Å². The molecule has 0 aliphatic carbocycles. The Morgan fingerprint density at radius 1 is 1.28 bits per heavy atom. The molecule has 2 aromatic heterocycles. The third-order valence-electron chi connectivity index (χ3n) is 4.27. The fourth-order valence-corrected chi connectivity index (χ4v) is 4.63. The maximum Gasteiger partial charge on any atom is 0.280 e. The molecule has 0 saturated heterocycles. The summed E-state index contributed by atoms with van der Waals surface area (Å²) in [6, 6.07) is -1.35. The molecule has 29 heavy (non-hydrogen) atoms. The number of aromatic amines is 1. The van der Waals surface area contributed by atoms with Crippen molar-refractivity contribution in [1.82, 2.24) is 29.7 Å². The van der Waals surface area contributed by atoms with Crippen LogP contribution in [0.15, 0.2) is 11.1 Å². The van der Waals surface area contributed by atoms with Crippen molar-refractivity contribution in [3.8, 4) is 0 Å². The van der Waals surface area contributed by atoms with Gasteiger partial charge in [-0.3, -0.25) is 23.9 Å². The summed E-state index contributed by atoms with van der Waals surface area (Å²) in [7, 11) is -3.39. The van der Waals surface area contributed by atoms with Crippen LogP contribution in [0.3, 0.4) is 0 Å². The molecule has 0 fully saturated rings. The van der Waals surface area contributed by atoms with Crippen molar-refractivity contribution in [3.05, 3.63) is 16.7 Å². The fourth-order valence-electron chi connectivity index (χ4n) is 2.41. The largest absolute Gasteiger partial charge is 0.369 e. The molecule has 0 amide bonds. The highest BCUT2D eigenvalue weighted by molar-refractivity contribution is 7.59. The lowest BCUT2D eigenvalue weighted by atomic mass is 10.3. The summed E-state index contributed by atoms with van der Waals surface area (Å²) in [6.07, 6.45) is 1.19. The maximum atomic E-state index is 13.2. The molecule has 0 aliphatic rings. The zero-order valence-electron chi connectivity index (χ0n) is 16.8. The van der Waals surface area contributed by atoms with Crippen molar-refractivity contribution < 1.29 is 18.9 Å². The Balaban J connectivity index is 2.04. The highest BCUT2D eigenvalue weighted by Gasteiger charge is 2.29. The first kappa shape index (κ1) is 22.9. The van der Waals surface area contributed by atoms with E-state index in [-0.39, 0.29) is 42.5 Å². The smallest absolute Gasteiger partial charge is 0.280 e. The lowest BCUT2D eigenvalue weighted by Gasteiger charge is -2.26. The Labute approximate surface area is 167 Å². The summed E-state index contributed by atoms with van der Waals surface area (Å²) < 4.78 is 20.3. The number of carbonyl (C=O) groups excluding carboxylic acids is 2. The number of nitrogens with two attached hydrogens (primary N) is 1. The number of H-pyrrole nitrogens is 1. The number of ketones is 2. The van der Waals surface area contributed by atoms with Gasteiger partial charge < -0.3 is 15.0 Å². The number of hydrogen-bond acceptors (Lipinski definition) is 8. The predicted octanol–water partition coefficient (Wildman–Crippen LogP) is 0.00320. The molecule has 0 saturated carbocycles. The highest BCUT2D eigenvalue weighted by Crippen LogP contribution is 2.37. The SMILES string of the molecule is CC(=O)[C@@H](C)NP(=O)(COCCn1cnc2c(=O)[nH]c(N)nc21)N[C@H](C)C(C)=O. The first-order valence-corrected chi connectivity index (χ1v) is 10.9. The van der Waals surface area contributed by atoms with Crippen LogP contribution in [0.5, 0.6) is 0 Å². The number of carbonyl (C=O) groups is 2. The average molecular weight is 427 g/mol. The lowest BCUT2D eigenvalue weighted by Crippen LogP contribution is -2.40. The van der Waals surface area contributed by atoms with Crippen LogP contribution in [0.2, 0.25) is 0 Å². The van der Waals surface area contributed by atoms with Gasteiger partial charge in [-0.1, -0.05) is 0 Å². The molecule has 5 N–H and O–H groups in total. The zero-order chi connectivity index (χ0) is 21.8. The number of anilines is 1. The Kier molecular flexibility index (Phi) is 7.42. The molecule has 0 unspecified atom stereocenters. The van der Waals surface area contributed by atoms with Crippen LogP contribution in [0.4, 0.5) is 5.95 Å². The third-order valence-corrected chi connectivity index (χ3v) is 6.42. The topological polar surface area (TPSA) is 174 Å². The van der Waals surface area contributed by atoms with E-state index in [4.69, 9.17) is 10.5 Å². The second-order valence-electron chi connectivity index (χ2n) is 6.76. The van der Waals surface area contributed by atoms with Gasteiger partial charge >= 0.3 is 0 Å². The number of hydrogen-bond donors (Lipinski definition) is 4. The number of rotatable bonds is 11. The molecule has 0 bridgehead atoms. The number of nitrogens with zero attached hydrogens (tertiary/aromatic N) is 3. The van der Waals surface area contributed by atoms with Gasteiger partial charge in [-0.2, -0.15) is 4.98 Å². The van der Waals surface area contributed by atoms with E-state index in [0.717, 1.165) is 0 Å². The molecule has 0 spiro atoms. The van der Waals surface area contributed by atoms with Crippen molar-refractivity contribution in [2.24, 2.45) is 0 Å². The molecule has 0 aliphatic heterocycles. The number of aromatic nitrogens is 4. The Hall–Kier alpha value is -2.40. The van der Waals surface area contributed by atoms with Gasteiger partial charge in [-0.05, 0) is 27.7 Å². The van der Waals surface area contributed by atoms with Gasteiger partial charge in [0, 0.05) is 6.54 Å². The van der Waals surface area contributed by atoms with E-state index in [0.29, 0.717) is 5.65 Å². The molecule has 2 atom stereocenters. The van der Waals surface area contributed by atoms with Crippen LogP contribution >= 0.6 is 7.44 Å². The second kappa shape index (κ2) is 9.40. The van der Waals surface area contributed by atoms with E-state index in [9.17, 15) is 18.9 Å². The number of fused-ring (bicyclic) bond motifs is 1. The van der Waals surface area contributed by atoms with Crippen molar-refractivity contribution in [2.45, 2.75) is 46.3 Å². The normalized spacial score (nSPS) is 14.1. The molecular formula is C16H26N7O5P. The number of Topliss-reactive ketones (excluding diaryl/α,β-unsaturated/α-hetero) is 2. The molecule has 0 radical (unpaired) electrons. The van der Waals surface area contributed by atoms with Gasteiger partial charge in [0.15, 0.2) is 11.2 Å². The van der Waals surface area contributed by atoms with Gasteiger partial charge in [0.05, 0.1) is 25.0 Å². The summed E-state index contributed by atoms with van der Waals surface area (Å²) >= 11 is 0. The first-order chi connectivity index (χ1) is 13.5. The Bertz CT molecular complexity index is 975. The van der Waals surface area contributed by atoms with E-state index in [1.54, 1.807) is 18.4 Å². The number of ether oxygens (including phenoxy) is 1. The predicted molar refractivity (Wildman–Crippen MR) is 108 cm³/mol.